The standard InChI is InChI=1S/C16H14O3S/c1-19-15(18)16(14(17)13-8-5-9-20-13)10-12(16)11-6-3-2-4-7-11/h2-9,12H,10H2,1H3. The Hall–Kier alpha value is -1.94. The van der Waals surface area contributed by atoms with Crippen LogP contribution in [0.5, 0.6) is 0 Å². The molecule has 0 amide bonds. The maximum absolute atomic E-state index is 12.7. The van der Waals surface area contributed by atoms with Gasteiger partial charge in [-0.05, 0) is 23.4 Å². The number of carbonyl (C=O) groups is 2. The molecule has 1 fully saturated rings. The Kier molecular flexibility index (Phi) is 3.18. The molecule has 0 saturated heterocycles. The molecule has 1 aliphatic carbocycles. The quantitative estimate of drug-likeness (QED) is 0.492. The van der Waals surface area contributed by atoms with Crippen LogP contribution in [-0.4, -0.2) is 18.9 Å². The monoisotopic (exact) mass is 286 g/mol. The molecule has 0 bridgehead atoms. The number of thiophene rings is 1. The number of carbonyl (C=O) groups excluding carboxylic acids is 2. The Morgan fingerprint density at radius 1 is 1.20 bits per heavy atom. The summed E-state index contributed by atoms with van der Waals surface area (Å²) in [6.45, 7) is 0. The summed E-state index contributed by atoms with van der Waals surface area (Å²) in [6, 6.07) is 13.3. The van der Waals surface area contributed by atoms with E-state index in [2.05, 4.69) is 0 Å². The van der Waals surface area contributed by atoms with Crippen LogP contribution in [0.4, 0.5) is 0 Å². The van der Waals surface area contributed by atoms with Crippen molar-refractivity contribution in [3.05, 3.63) is 58.3 Å². The molecule has 2 atom stereocenters. The van der Waals surface area contributed by atoms with E-state index in [9.17, 15) is 9.59 Å². The molecule has 0 N–H and O–H groups in total. The highest BCUT2D eigenvalue weighted by atomic mass is 32.1. The van der Waals surface area contributed by atoms with Gasteiger partial charge in [-0.15, -0.1) is 11.3 Å². The fraction of sp³-hybridized carbons (Fsp3) is 0.250. The predicted molar refractivity (Wildman–Crippen MR) is 76.9 cm³/mol. The molecular weight excluding hydrogens is 272 g/mol. The van der Waals surface area contributed by atoms with E-state index in [-0.39, 0.29) is 11.7 Å². The van der Waals surface area contributed by atoms with Gasteiger partial charge >= 0.3 is 5.97 Å². The molecule has 2 aromatic rings. The first kappa shape index (κ1) is 13.1. The third kappa shape index (κ3) is 1.88. The number of ketones is 1. The molecule has 3 rings (SSSR count). The topological polar surface area (TPSA) is 43.4 Å². The van der Waals surface area contributed by atoms with Gasteiger partial charge < -0.3 is 4.74 Å². The van der Waals surface area contributed by atoms with Crippen molar-refractivity contribution in [2.24, 2.45) is 5.41 Å². The Labute approximate surface area is 121 Å². The van der Waals surface area contributed by atoms with Crippen LogP contribution < -0.4 is 0 Å². The first-order valence-electron chi connectivity index (χ1n) is 6.42. The number of ether oxygens (including phenoxy) is 1. The number of hydrogen-bond donors (Lipinski definition) is 0. The van der Waals surface area contributed by atoms with E-state index in [4.69, 9.17) is 4.74 Å². The molecule has 1 saturated carbocycles. The number of hydrogen-bond acceptors (Lipinski definition) is 4. The summed E-state index contributed by atoms with van der Waals surface area (Å²) in [6.07, 6.45) is 0.528. The summed E-state index contributed by atoms with van der Waals surface area (Å²) in [7, 11) is 1.34. The average Bonchev–Trinajstić information content (AvgIpc) is 3.02. The lowest BCUT2D eigenvalue weighted by atomic mass is 9.93. The van der Waals surface area contributed by atoms with E-state index >= 15 is 0 Å². The molecule has 1 heterocycles. The summed E-state index contributed by atoms with van der Waals surface area (Å²) in [4.78, 5) is 25.5. The van der Waals surface area contributed by atoms with Crippen molar-refractivity contribution >= 4 is 23.1 Å². The van der Waals surface area contributed by atoms with Crippen molar-refractivity contribution in [2.75, 3.05) is 7.11 Å². The van der Waals surface area contributed by atoms with E-state index in [0.29, 0.717) is 11.3 Å². The van der Waals surface area contributed by atoms with Gasteiger partial charge in [0.1, 0.15) is 5.41 Å². The minimum atomic E-state index is -1.03. The lowest BCUT2D eigenvalue weighted by Gasteiger charge is -2.13. The van der Waals surface area contributed by atoms with Gasteiger partial charge in [0.25, 0.3) is 0 Å². The lowest BCUT2D eigenvalue weighted by molar-refractivity contribution is -0.145. The molecule has 0 radical (unpaired) electrons. The van der Waals surface area contributed by atoms with Crippen LogP contribution in [-0.2, 0) is 9.53 Å². The van der Waals surface area contributed by atoms with Crippen LogP contribution in [0.3, 0.4) is 0 Å². The normalized spacial score (nSPS) is 24.1. The smallest absolute Gasteiger partial charge is 0.320 e. The third-order valence-corrected chi connectivity index (χ3v) is 4.73. The van der Waals surface area contributed by atoms with Crippen LogP contribution in [0.1, 0.15) is 27.6 Å². The van der Waals surface area contributed by atoms with Crippen molar-refractivity contribution in [3.63, 3.8) is 0 Å². The van der Waals surface area contributed by atoms with Gasteiger partial charge in [-0.1, -0.05) is 36.4 Å². The molecule has 1 aromatic heterocycles. The van der Waals surface area contributed by atoms with Crippen LogP contribution in [0.15, 0.2) is 47.8 Å². The molecule has 3 nitrogen and oxygen atoms in total. The van der Waals surface area contributed by atoms with Gasteiger partial charge in [0.2, 0.25) is 0 Å². The van der Waals surface area contributed by atoms with E-state index in [0.717, 1.165) is 5.56 Å². The lowest BCUT2D eigenvalue weighted by Crippen LogP contribution is -2.28. The van der Waals surface area contributed by atoms with E-state index in [1.165, 1.54) is 18.4 Å². The molecule has 20 heavy (non-hydrogen) atoms. The first-order valence-corrected chi connectivity index (χ1v) is 7.30. The molecule has 102 valence electrons. The Balaban J connectivity index is 1.97. The summed E-state index contributed by atoms with van der Waals surface area (Å²) >= 11 is 1.37. The summed E-state index contributed by atoms with van der Waals surface area (Å²) in [5, 5.41) is 1.85. The second-order valence-electron chi connectivity index (χ2n) is 4.94. The summed E-state index contributed by atoms with van der Waals surface area (Å²) in [5.74, 6) is -0.622. The fourth-order valence-electron chi connectivity index (χ4n) is 2.73. The largest absolute Gasteiger partial charge is 0.468 e. The molecule has 2 unspecified atom stereocenters. The van der Waals surface area contributed by atoms with E-state index in [1.54, 1.807) is 6.07 Å². The van der Waals surface area contributed by atoms with Gasteiger partial charge in [-0.2, -0.15) is 0 Å². The SMILES string of the molecule is COC(=O)C1(C(=O)c2cccs2)CC1c1ccccc1. The Morgan fingerprint density at radius 2 is 1.95 bits per heavy atom. The van der Waals surface area contributed by atoms with E-state index < -0.39 is 11.4 Å². The molecule has 0 aliphatic heterocycles. The van der Waals surface area contributed by atoms with Crippen LogP contribution in [0.25, 0.3) is 0 Å². The van der Waals surface area contributed by atoms with E-state index in [1.807, 2.05) is 41.8 Å². The van der Waals surface area contributed by atoms with Gasteiger partial charge in [0, 0.05) is 5.92 Å². The molecule has 1 aliphatic rings. The molecule has 0 spiro atoms. The number of methoxy groups -OCH3 is 1. The fourth-order valence-corrected chi connectivity index (χ4v) is 3.48. The highest BCUT2D eigenvalue weighted by molar-refractivity contribution is 7.12. The van der Waals surface area contributed by atoms with Crippen molar-refractivity contribution in [1.82, 2.24) is 0 Å². The van der Waals surface area contributed by atoms with Crippen LogP contribution in [0, 0.1) is 5.41 Å². The number of benzene rings is 1. The summed E-state index contributed by atoms with van der Waals surface area (Å²) in [5.41, 5.74) is -0.0103. The van der Waals surface area contributed by atoms with Gasteiger partial charge in [-0.25, -0.2) is 0 Å². The minimum Gasteiger partial charge on any atom is -0.468 e. The zero-order valence-corrected chi connectivity index (χ0v) is 11.9. The first-order chi connectivity index (χ1) is 9.70. The zero-order chi connectivity index (χ0) is 14.2. The van der Waals surface area contributed by atoms with Gasteiger partial charge in [-0.3, -0.25) is 9.59 Å². The van der Waals surface area contributed by atoms with Crippen LogP contribution in [0.2, 0.25) is 0 Å². The Morgan fingerprint density at radius 3 is 2.55 bits per heavy atom. The molecule has 1 aromatic carbocycles. The Bertz CT molecular complexity index is 633. The number of rotatable bonds is 4. The van der Waals surface area contributed by atoms with Crippen molar-refractivity contribution in [2.45, 2.75) is 12.3 Å². The number of esters is 1. The van der Waals surface area contributed by atoms with Crippen molar-refractivity contribution < 1.29 is 14.3 Å². The zero-order valence-electron chi connectivity index (χ0n) is 11.0. The second kappa shape index (κ2) is 4.87. The second-order valence-corrected chi connectivity index (χ2v) is 5.88. The molecular formula is C16H14O3S. The van der Waals surface area contributed by atoms with Crippen molar-refractivity contribution in [3.8, 4) is 0 Å². The van der Waals surface area contributed by atoms with Gasteiger partial charge in [0.15, 0.2) is 5.78 Å². The maximum atomic E-state index is 12.7. The number of Topliss-reactive ketones (excluding diaryl/α,β-unsaturated/α-hetero) is 1. The minimum absolute atomic E-state index is 0.0780. The van der Waals surface area contributed by atoms with Gasteiger partial charge in [0.05, 0.1) is 12.0 Å². The van der Waals surface area contributed by atoms with Crippen molar-refractivity contribution in [1.29, 1.82) is 0 Å². The highest BCUT2D eigenvalue weighted by Crippen LogP contribution is 2.61. The highest BCUT2D eigenvalue weighted by Gasteiger charge is 2.67. The predicted octanol–water partition coefficient (Wildman–Crippen LogP) is 3.28. The maximum Gasteiger partial charge on any atom is 0.320 e. The molecule has 4 heteroatoms. The third-order valence-electron chi connectivity index (χ3n) is 3.86. The average molecular weight is 286 g/mol. The van der Waals surface area contributed by atoms with Crippen LogP contribution >= 0.6 is 11.3 Å². The summed E-state index contributed by atoms with van der Waals surface area (Å²) < 4.78 is 4.89.